The molecule has 0 aromatic carbocycles. The summed E-state index contributed by atoms with van der Waals surface area (Å²) in [4.78, 5) is 12.8. The molecule has 0 spiro atoms. The molecule has 3 aromatic rings. The first-order valence-corrected chi connectivity index (χ1v) is 7.19. The monoisotopic (exact) mass is 294 g/mol. The Kier molecular flexibility index (Phi) is 3.22. The van der Waals surface area contributed by atoms with Gasteiger partial charge in [-0.2, -0.15) is 0 Å². The van der Waals surface area contributed by atoms with Gasteiger partial charge in [0.05, 0.1) is 5.02 Å². The molecule has 90 valence electrons. The zero-order chi connectivity index (χ0) is 12.4. The lowest BCUT2D eigenvalue weighted by Crippen LogP contribution is -1.92. The second-order valence-electron chi connectivity index (χ2n) is 3.36. The van der Waals surface area contributed by atoms with Crippen LogP contribution in [0.5, 0.6) is 0 Å². The zero-order valence-corrected chi connectivity index (χ0v) is 11.4. The highest BCUT2D eigenvalue weighted by Gasteiger charge is 2.07. The maximum atomic E-state index is 5.78. The van der Waals surface area contributed by atoms with Gasteiger partial charge in [-0.1, -0.05) is 11.6 Å². The van der Waals surface area contributed by atoms with Gasteiger partial charge >= 0.3 is 0 Å². The van der Waals surface area contributed by atoms with E-state index >= 15 is 0 Å². The van der Waals surface area contributed by atoms with Crippen LogP contribution in [-0.2, 0) is 0 Å². The second-order valence-corrected chi connectivity index (χ2v) is 5.55. The highest BCUT2D eigenvalue weighted by atomic mass is 35.5. The summed E-state index contributed by atoms with van der Waals surface area (Å²) in [5.41, 5.74) is 0.881. The standard InChI is InChI=1S/C11H7ClN4S2/c12-7-1-2-9(14-5-7)16-11-15-8(6-18-11)10-13-3-4-17-10/h1-6H,(H,14,15,16). The van der Waals surface area contributed by atoms with E-state index in [1.807, 2.05) is 16.8 Å². The quantitative estimate of drug-likeness (QED) is 0.791. The first-order chi connectivity index (χ1) is 8.81. The number of hydrogen-bond donors (Lipinski definition) is 1. The molecular weight excluding hydrogens is 288 g/mol. The molecule has 0 radical (unpaired) electrons. The highest BCUT2D eigenvalue weighted by Crippen LogP contribution is 2.27. The van der Waals surface area contributed by atoms with Crippen LogP contribution in [0.2, 0.25) is 5.02 Å². The summed E-state index contributed by atoms with van der Waals surface area (Å²) in [6, 6.07) is 3.60. The largest absolute Gasteiger partial charge is 0.316 e. The van der Waals surface area contributed by atoms with Crippen LogP contribution < -0.4 is 5.32 Å². The fourth-order valence-electron chi connectivity index (χ4n) is 1.34. The number of aromatic nitrogens is 3. The average Bonchev–Trinajstić information content (AvgIpc) is 3.02. The van der Waals surface area contributed by atoms with Crippen molar-refractivity contribution in [2.45, 2.75) is 0 Å². The van der Waals surface area contributed by atoms with Crippen LogP contribution in [0.15, 0.2) is 35.3 Å². The van der Waals surface area contributed by atoms with Crippen LogP contribution in [0.25, 0.3) is 10.7 Å². The second kappa shape index (κ2) is 5.01. The minimum Gasteiger partial charge on any atom is -0.316 e. The number of hydrogen-bond acceptors (Lipinski definition) is 6. The molecule has 0 amide bonds. The molecule has 0 saturated carbocycles. The van der Waals surface area contributed by atoms with Gasteiger partial charge in [0.25, 0.3) is 0 Å². The van der Waals surface area contributed by atoms with Crippen molar-refractivity contribution >= 4 is 45.2 Å². The summed E-state index contributed by atoms with van der Waals surface area (Å²) < 4.78 is 0. The van der Waals surface area contributed by atoms with E-state index < -0.39 is 0 Å². The molecule has 0 bridgehead atoms. The van der Waals surface area contributed by atoms with Gasteiger partial charge in [0, 0.05) is 23.2 Å². The van der Waals surface area contributed by atoms with Gasteiger partial charge in [0.15, 0.2) is 5.13 Å². The Morgan fingerprint density at radius 2 is 2.11 bits per heavy atom. The summed E-state index contributed by atoms with van der Waals surface area (Å²) in [6.45, 7) is 0. The fourth-order valence-corrected chi connectivity index (χ4v) is 2.82. The molecule has 0 aliphatic heterocycles. The van der Waals surface area contributed by atoms with Crippen molar-refractivity contribution in [2.24, 2.45) is 0 Å². The van der Waals surface area contributed by atoms with Crippen molar-refractivity contribution < 1.29 is 0 Å². The van der Waals surface area contributed by atoms with Gasteiger partial charge in [-0.25, -0.2) is 15.0 Å². The molecule has 0 aliphatic rings. The summed E-state index contributed by atoms with van der Waals surface area (Å²) in [5.74, 6) is 0.722. The van der Waals surface area contributed by atoms with E-state index in [1.165, 1.54) is 11.3 Å². The summed E-state index contributed by atoms with van der Waals surface area (Å²) in [6.07, 6.45) is 3.37. The molecule has 7 heteroatoms. The van der Waals surface area contributed by atoms with Crippen LogP contribution in [0.1, 0.15) is 0 Å². The molecule has 18 heavy (non-hydrogen) atoms. The molecule has 1 N–H and O–H groups in total. The van der Waals surface area contributed by atoms with E-state index in [0.29, 0.717) is 5.02 Å². The molecule has 0 atom stereocenters. The third-order valence-electron chi connectivity index (χ3n) is 2.12. The van der Waals surface area contributed by atoms with Gasteiger partial charge in [-0.3, -0.25) is 0 Å². The number of thiazole rings is 2. The lowest BCUT2D eigenvalue weighted by atomic mass is 10.5. The van der Waals surface area contributed by atoms with Gasteiger partial charge in [-0.15, -0.1) is 22.7 Å². The first kappa shape index (κ1) is 11.6. The maximum Gasteiger partial charge on any atom is 0.188 e. The molecule has 0 saturated heterocycles. The Morgan fingerprint density at radius 1 is 1.17 bits per heavy atom. The Labute approximate surface area is 116 Å². The molecule has 3 aromatic heterocycles. The number of halogens is 1. The number of nitrogens with one attached hydrogen (secondary N) is 1. The SMILES string of the molecule is Clc1ccc(Nc2nc(-c3nccs3)cs2)nc1. The van der Waals surface area contributed by atoms with Crippen molar-refractivity contribution in [3.05, 3.63) is 40.3 Å². The van der Waals surface area contributed by atoms with Crippen LogP contribution in [0.4, 0.5) is 10.9 Å². The lowest BCUT2D eigenvalue weighted by Gasteiger charge is -2.00. The van der Waals surface area contributed by atoms with E-state index in [4.69, 9.17) is 11.6 Å². The summed E-state index contributed by atoms with van der Waals surface area (Å²) in [5, 5.41) is 9.35. The molecule has 4 nitrogen and oxygen atoms in total. The van der Waals surface area contributed by atoms with Crippen molar-refractivity contribution in [3.63, 3.8) is 0 Å². The Hall–Kier alpha value is -1.50. The summed E-state index contributed by atoms with van der Waals surface area (Å²) in [7, 11) is 0. The van der Waals surface area contributed by atoms with Gasteiger partial charge < -0.3 is 5.32 Å². The van der Waals surface area contributed by atoms with Gasteiger partial charge in [-0.05, 0) is 12.1 Å². The maximum absolute atomic E-state index is 5.78. The van der Waals surface area contributed by atoms with Crippen molar-refractivity contribution in [1.29, 1.82) is 0 Å². The van der Waals surface area contributed by atoms with Crippen molar-refractivity contribution in [3.8, 4) is 10.7 Å². The molecule has 3 rings (SSSR count). The molecule has 0 unspecified atom stereocenters. The highest BCUT2D eigenvalue weighted by molar-refractivity contribution is 7.15. The van der Waals surface area contributed by atoms with E-state index in [2.05, 4.69) is 20.3 Å². The van der Waals surface area contributed by atoms with Gasteiger partial charge in [0.2, 0.25) is 0 Å². The third-order valence-corrected chi connectivity index (χ3v) is 3.89. The molecule has 0 aliphatic carbocycles. The van der Waals surface area contributed by atoms with Crippen molar-refractivity contribution in [2.75, 3.05) is 5.32 Å². The minimum absolute atomic E-state index is 0.614. The number of rotatable bonds is 3. The molecule has 3 heterocycles. The first-order valence-electron chi connectivity index (χ1n) is 5.05. The minimum atomic E-state index is 0.614. The van der Waals surface area contributed by atoms with E-state index in [1.54, 1.807) is 29.8 Å². The van der Waals surface area contributed by atoms with E-state index in [0.717, 1.165) is 21.7 Å². The van der Waals surface area contributed by atoms with Gasteiger partial charge in [0.1, 0.15) is 16.5 Å². The van der Waals surface area contributed by atoms with Crippen LogP contribution in [0.3, 0.4) is 0 Å². The smallest absolute Gasteiger partial charge is 0.188 e. The predicted molar refractivity (Wildman–Crippen MR) is 75.8 cm³/mol. The molecular formula is C11H7ClN4S2. The third kappa shape index (κ3) is 2.50. The van der Waals surface area contributed by atoms with Crippen LogP contribution in [0, 0.1) is 0 Å². The number of pyridine rings is 1. The van der Waals surface area contributed by atoms with Crippen LogP contribution >= 0.6 is 34.3 Å². The van der Waals surface area contributed by atoms with Crippen LogP contribution in [-0.4, -0.2) is 15.0 Å². The van der Waals surface area contributed by atoms with Crippen molar-refractivity contribution in [1.82, 2.24) is 15.0 Å². The normalized spacial score (nSPS) is 10.5. The average molecular weight is 295 g/mol. The predicted octanol–water partition coefficient (Wildman–Crippen LogP) is 4.06. The zero-order valence-electron chi connectivity index (χ0n) is 9.00. The molecule has 0 fully saturated rings. The van der Waals surface area contributed by atoms with E-state index in [9.17, 15) is 0 Å². The Bertz CT molecular complexity index is 633. The summed E-state index contributed by atoms with van der Waals surface area (Å²) >= 11 is 8.86. The number of nitrogens with zero attached hydrogens (tertiary/aromatic N) is 3. The topological polar surface area (TPSA) is 50.7 Å². The number of anilines is 2. The Morgan fingerprint density at radius 3 is 2.83 bits per heavy atom. The Balaban J connectivity index is 1.80. The fraction of sp³-hybridized carbons (Fsp3) is 0. The lowest BCUT2D eigenvalue weighted by molar-refractivity contribution is 1.28. The van der Waals surface area contributed by atoms with E-state index in [-0.39, 0.29) is 0 Å².